The van der Waals surface area contributed by atoms with Crippen LogP contribution in [-0.4, -0.2) is 26.9 Å². The predicted octanol–water partition coefficient (Wildman–Crippen LogP) is 2.52. The van der Waals surface area contributed by atoms with E-state index in [0.29, 0.717) is 23.6 Å². The average Bonchev–Trinajstić information content (AvgIpc) is 3.09. The van der Waals surface area contributed by atoms with Crippen molar-refractivity contribution in [1.29, 1.82) is 0 Å². The maximum atomic E-state index is 12.5. The topological polar surface area (TPSA) is 61.4 Å². The molecule has 0 fully saturated rings. The van der Waals surface area contributed by atoms with Crippen LogP contribution in [0.1, 0.15) is 23.1 Å². The molecule has 0 saturated carbocycles. The van der Waals surface area contributed by atoms with Gasteiger partial charge in [-0.25, -0.2) is 0 Å². The number of thiazole rings is 1. The van der Waals surface area contributed by atoms with E-state index >= 15 is 0 Å². The third-order valence-corrected chi connectivity index (χ3v) is 4.79. The van der Waals surface area contributed by atoms with E-state index < -0.39 is 0 Å². The summed E-state index contributed by atoms with van der Waals surface area (Å²) >= 11 is 1.40. The number of carbonyl (C=O) groups excluding carboxylic acids is 1. The minimum absolute atomic E-state index is 0.319. The number of benzene rings is 1. The lowest BCUT2D eigenvalue weighted by Gasteiger charge is -2.03. The van der Waals surface area contributed by atoms with Crippen LogP contribution < -0.4 is 9.54 Å². The fraction of sp³-hybridized carbons (Fsp3) is 0.278. The van der Waals surface area contributed by atoms with Crippen molar-refractivity contribution in [3.8, 4) is 18.1 Å². The summed E-state index contributed by atoms with van der Waals surface area (Å²) in [6.45, 7) is 4.75. The highest BCUT2D eigenvalue weighted by molar-refractivity contribution is 7.16. The van der Waals surface area contributed by atoms with Crippen LogP contribution in [0.5, 0.6) is 5.75 Å². The molecule has 0 N–H and O–H groups in total. The molecule has 0 atom stereocenters. The summed E-state index contributed by atoms with van der Waals surface area (Å²) in [5, 5.41) is 4.18. The van der Waals surface area contributed by atoms with Gasteiger partial charge in [0.15, 0.2) is 10.5 Å². The molecule has 2 aromatic heterocycles. The molecule has 0 saturated heterocycles. The molecule has 1 amide bonds. The number of aryl methyl sites for hydroxylation is 2. The fourth-order valence-corrected chi connectivity index (χ4v) is 3.50. The molecule has 25 heavy (non-hydrogen) atoms. The second kappa shape index (κ2) is 6.95. The first-order valence-electron chi connectivity index (χ1n) is 7.82. The number of fused-ring (bicyclic) bond motifs is 1. The zero-order chi connectivity index (χ0) is 18.0. The van der Waals surface area contributed by atoms with E-state index in [1.807, 2.05) is 36.6 Å². The van der Waals surface area contributed by atoms with Gasteiger partial charge in [0.05, 0.1) is 23.4 Å². The van der Waals surface area contributed by atoms with Crippen LogP contribution in [0.2, 0.25) is 0 Å². The van der Waals surface area contributed by atoms with E-state index in [1.54, 1.807) is 17.8 Å². The number of amides is 1. The van der Waals surface area contributed by atoms with Gasteiger partial charge in [0.2, 0.25) is 0 Å². The molecule has 6 nitrogen and oxygen atoms in total. The van der Waals surface area contributed by atoms with Crippen LogP contribution in [0, 0.1) is 19.3 Å². The summed E-state index contributed by atoms with van der Waals surface area (Å²) in [5.41, 5.74) is 2.14. The van der Waals surface area contributed by atoms with Gasteiger partial charge in [-0.2, -0.15) is 10.1 Å². The number of nitrogens with zero attached hydrogens (tertiary/aromatic N) is 4. The Morgan fingerprint density at radius 1 is 1.44 bits per heavy atom. The monoisotopic (exact) mass is 354 g/mol. The highest BCUT2D eigenvalue weighted by Crippen LogP contribution is 2.23. The molecular weight excluding hydrogens is 336 g/mol. The highest BCUT2D eigenvalue weighted by Gasteiger charge is 2.12. The van der Waals surface area contributed by atoms with Gasteiger partial charge in [-0.15, -0.1) is 6.42 Å². The van der Waals surface area contributed by atoms with E-state index in [4.69, 9.17) is 11.2 Å². The quantitative estimate of drug-likeness (QED) is 0.677. The molecule has 0 aliphatic heterocycles. The second-order valence-corrected chi connectivity index (χ2v) is 6.46. The molecule has 128 valence electrons. The lowest BCUT2D eigenvalue weighted by molar-refractivity contribution is 0.0992. The minimum Gasteiger partial charge on any atom is -0.494 e. The predicted molar refractivity (Wildman–Crippen MR) is 97.7 cm³/mol. The highest BCUT2D eigenvalue weighted by atomic mass is 32.1. The summed E-state index contributed by atoms with van der Waals surface area (Å²) in [6, 6.07) is 7.48. The molecule has 7 heteroatoms. The zero-order valence-corrected chi connectivity index (χ0v) is 15.1. The van der Waals surface area contributed by atoms with Crippen molar-refractivity contribution in [2.75, 3.05) is 6.61 Å². The summed E-state index contributed by atoms with van der Waals surface area (Å²) in [4.78, 5) is 17.3. The number of ether oxygens (including phenoxy) is 1. The third kappa shape index (κ3) is 3.35. The summed E-state index contributed by atoms with van der Waals surface area (Å²) in [5.74, 6) is 3.01. The van der Waals surface area contributed by atoms with Gasteiger partial charge >= 0.3 is 0 Å². The molecule has 1 aromatic carbocycles. The number of terminal acetylenes is 1. The largest absolute Gasteiger partial charge is 0.494 e. The first kappa shape index (κ1) is 17.0. The SMILES string of the molecule is C#CCn1c(=NC(=O)c2cc(C)n(C)n2)sc2cc(OCC)ccc21. The third-order valence-electron chi connectivity index (χ3n) is 3.74. The molecule has 0 unspecified atom stereocenters. The van der Waals surface area contributed by atoms with Gasteiger partial charge in [-0.1, -0.05) is 17.3 Å². The van der Waals surface area contributed by atoms with Gasteiger partial charge in [0, 0.05) is 12.7 Å². The van der Waals surface area contributed by atoms with E-state index in [0.717, 1.165) is 21.7 Å². The number of aromatic nitrogens is 3. The Labute approximate surface area is 149 Å². The van der Waals surface area contributed by atoms with E-state index in [2.05, 4.69) is 16.0 Å². The van der Waals surface area contributed by atoms with Crippen LogP contribution in [0.3, 0.4) is 0 Å². The molecule has 0 radical (unpaired) electrons. The van der Waals surface area contributed by atoms with Gasteiger partial charge < -0.3 is 9.30 Å². The van der Waals surface area contributed by atoms with Gasteiger partial charge in [0.1, 0.15) is 5.75 Å². The van der Waals surface area contributed by atoms with Crippen LogP contribution in [0.25, 0.3) is 10.2 Å². The minimum atomic E-state index is -0.383. The van der Waals surface area contributed by atoms with Crippen molar-refractivity contribution < 1.29 is 9.53 Å². The van der Waals surface area contributed by atoms with Crippen molar-refractivity contribution >= 4 is 27.5 Å². The zero-order valence-electron chi connectivity index (χ0n) is 14.3. The lowest BCUT2D eigenvalue weighted by atomic mass is 10.3. The Bertz CT molecular complexity index is 1030. The summed E-state index contributed by atoms with van der Waals surface area (Å²) < 4.78 is 10.0. The number of rotatable bonds is 4. The van der Waals surface area contributed by atoms with Crippen LogP contribution in [0.4, 0.5) is 0 Å². The van der Waals surface area contributed by atoms with Crippen LogP contribution in [0.15, 0.2) is 29.3 Å². The lowest BCUT2D eigenvalue weighted by Crippen LogP contribution is -2.16. The Morgan fingerprint density at radius 3 is 2.88 bits per heavy atom. The van der Waals surface area contributed by atoms with Gasteiger partial charge in [-0.05, 0) is 38.1 Å². The number of hydrogen-bond donors (Lipinski definition) is 0. The molecule has 3 rings (SSSR count). The second-order valence-electron chi connectivity index (χ2n) is 5.45. The average molecular weight is 354 g/mol. The Balaban J connectivity index is 2.11. The normalized spacial score (nSPS) is 11.7. The Morgan fingerprint density at radius 2 is 2.24 bits per heavy atom. The first-order valence-corrected chi connectivity index (χ1v) is 8.64. The fourth-order valence-electron chi connectivity index (χ4n) is 2.45. The smallest absolute Gasteiger partial charge is 0.300 e. The number of carbonyl (C=O) groups is 1. The van der Waals surface area contributed by atoms with Gasteiger partial charge in [-0.3, -0.25) is 9.48 Å². The molecule has 0 bridgehead atoms. The molecule has 0 aliphatic carbocycles. The van der Waals surface area contributed by atoms with Crippen molar-refractivity contribution in [3.05, 3.63) is 40.5 Å². The molecule has 2 heterocycles. The standard InChI is InChI=1S/C18H18N4O2S/c1-5-9-22-15-8-7-13(24-6-2)11-16(15)25-18(22)19-17(23)14-10-12(3)21(4)20-14/h1,7-8,10-11H,6,9H2,2-4H3. The van der Waals surface area contributed by atoms with E-state index in [-0.39, 0.29) is 5.91 Å². The molecule has 0 spiro atoms. The maximum Gasteiger partial charge on any atom is 0.300 e. The van der Waals surface area contributed by atoms with Crippen molar-refractivity contribution in [1.82, 2.24) is 14.3 Å². The number of hydrogen-bond acceptors (Lipinski definition) is 4. The maximum absolute atomic E-state index is 12.5. The van der Waals surface area contributed by atoms with Crippen molar-refractivity contribution in [2.24, 2.45) is 12.0 Å². The Kier molecular flexibility index (Phi) is 4.72. The van der Waals surface area contributed by atoms with E-state index in [9.17, 15) is 4.79 Å². The molecule has 0 aliphatic rings. The van der Waals surface area contributed by atoms with Crippen molar-refractivity contribution in [2.45, 2.75) is 20.4 Å². The van der Waals surface area contributed by atoms with Crippen LogP contribution in [-0.2, 0) is 13.6 Å². The molecule has 3 aromatic rings. The Hall–Kier alpha value is -2.85. The van der Waals surface area contributed by atoms with E-state index in [1.165, 1.54) is 11.3 Å². The van der Waals surface area contributed by atoms with Gasteiger partial charge in [0.25, 0.3) is 5.91 Å². The molecular formula is C18H18N4O2S. The summed E-state index contributed by atoms with van der Waals surface area (Å²) in [7, 11) is 1.79. The van der Waals surface area contributed by atoms with Crippen LogP contribution >= 0.6 is 11.3 Å². The summed E-state index contributed by atoms with van der Waals surface area (Å²) in [6.07, 6.45) is 5.49. The first-order chi connectivity index (χ1) is 12.0. The van der Waals surface area contributed by atoms with Crippen molar-refractivity contribution in [3.63, 3.8) is 0 Å².